The van der Waals surface area contributed by atoms with Crippen LogP contribution in [0.25, 0.3) is 0 Å². The van der Waals surface area contributed by atoms with Gasteiger partial charge in [0.15, 0.2) is 0 Å². The van der Waals surface area contributed by atoms with Crippen LogP contribution in [0.5, 0.6) is 0 Å². The average Bonchev–Trinajstić information content (AvgIpc) is 2.70. The summed E-state index contributed by atoms with van der Waals surface area (Å²) in [6.07, 6.45) is 0.686. The van der Waals surface area contributed by atoms with Crippen LogP contribution in [-0.4, -0.2) is 40.0 Å². The van der Waals surface area contributed by atoms with Crippen LogP contribution >= 0.6 is 0 Å². The zero-order chi connectivity index (χ0) is 20.1. The standard InChI is InChI=1S/C19H34N4O3/c1-12(2)11-16(21-18(25)26-19(5,6)7)17(24)20-10-9-15-13(3)22-23(8)14(15)4/h12,16H,9-11H2,1-8H3,(H,20,24)(H,21,25). The second-order valence-electron chi connectivity index (χ2n) is 8.14. The fraction of sp³-hybridized carbons (Fsp3) is 0.737. The molecule has 0 aromatic carbocycles. The Morgan fingerprint density at radius 1 is 1.23 bits per heavy atom. The van der Waals surface area contributed by atoms with Gasteiger partial charge in [-0.05, 0) is 58.9 Å². The molecule has 0 fully saturated rings. The first-order valence-corrected chi connectivity index (χ1v) is 9.17. The van der Waals surface area contributed by atoms with Gasteiger partial charge in [0, 0.05) is 19.3 Å². The number of amides is 2. The first kappa shape index (κ1) is 22.0. The molecule has 1 atom stereocenters. The molecule has 0 saturated carbocycles. The number of carbonyl (C=O) groups is 2. The maximum atomic E-state index is 12.5. The topological polar surface area (TPSA) is 85.3 Å². The number of hydrogen-bond acceptors (Lipinski definition) is 4. The highest BCUT2D eigenvalue weighted by molar-refractivity contribution is 5.85. The molecule has 1 aromatic heterocycles. The fourth-order valence-electron chi connectivity index (χ4n) is 2.77. The van der Waals surface area contributed by atoms with E-state index in [9.17, 15) is 9.59 Å². The maximum absolute atomic E-state index is 12.5. The van der Waals surface area contributed by atoms with Crippen LogP contribution < -0.4 is 10.6 Å². The van der Waals surface area contributed by atoms with Crippen molar-refractivity contribution >= 4 is 12.0 Å². The summed E-state index contributed by atoms with van der Waals surface area (Å²) in [5.74, 6) is 0.0762. The first-order chi connectivity index (χ1) is 11.9. The number of hydrogen-bond donors (Lipinski definition) is 2. The van der Waals surface area contributed by atoms with Crippen molar-refractivity contribution in [2.24, 2.45) is 13.0 Å². The average molecular weight is 367 g/mol. The van der Waals surface area contributed by atoms with Crippen LogP contribution in [0.3, 0.4) is 0 Å². The van der Waals surface area contributed by atoms with Crippen molar-refractivity contribution in [2.75, 3.05) is 6.54 Å². The van der Waals surface area contributed by atoms with E-state index in [2.05, 4.69) is 15.7 Å². The smallest absolute Gasteiger partial charge is 0.408 e. The van der Waals surface area contributed by atoms with Gasteiger partial charge >= 0.3 is 6.09 Å². The fourth-order valence-corrected chi connectivity index (χ4v) is 2.77. The van der Waals surface area contributed by atoms with Gasteiger partial charge in [-0.1, -0.05) is 13.8 Å². The number of ether oxygens (including phenoxy) is 1. The highest BCUT2D eigenvalue weighted by Gasteiger charge is 2.25. The summed E-state index contributed by atoms with van der Waals surface area (Å²) < 4.78 is 7.11. The van der Waals surface area contributed by atoms with Gasteiger partial charge in [0.25, 0.3) is 0 Å². The highest BCUT2D eigenvalue weighted by atomic mass is 16.6. The van der Waals surface area contributed by atoms with Crippen LogP contribution in [0.15, 0.2) is 0 Å². The van der Waals surface area contributed by atoms with Gasteiger partial charge in [0.05, 0.1) is 5.69 Å². The quantitative estimate of drug-likeness (QED) is 0.777. The molecule has 0 bridgehead atoms. The van der Waals surface area contributed by atoms with E-state index in [1.807, 2.05) is 39.4 Å². The third kappa shape index (κ3) is 7.06. The second-order valence-corrected chi connectivity index (χ2v) is 8.14. The van der Waals surface area contributed by atoms with E-state index in [-0.39, 0.29) is 11.8 Å². The normalized spacial score (nSPS) is 12.8. The number of rotatable bonds is 7. The van der Waals surface area contributed by atoms with Crippen molar-refractivity contribution in [3.8, 4) is 0 Å². The summed E-state index contributed by atoms with van der Waals surface area (Å²) in [5.41, 5.74) is 2.62. The van der Waals surface area contributed by atoms with Crippen molar-refractivity contribution in [1.29, 1.82) is 0 Å². The van der Waals surface area contributed by atoms with Crippen LogP contribution in [-0.2, 0) is 23.0 Å². The Hall–Kier alpha value is -2.05. The summed E-state index contributed by atoms with van der Waals surface area (Å²) in [5, 5.41) is 10.00. The number of alkyl carbamates (subject to hydrolysis) is 1. The lowest BCUT2D eigenvalue weighted by molar-refractivity contribution is -0.123. The predicted molar refractivity (Wildman–Crippen MR) is 102 cm³/mol. The Kier molecular flexibility index (Phi) is 7.66. The Balaban J connectivity index is 2.64. The molecule has 26 heavy (non-hydrogen) atoms. The van der Waals surface area contributed by atoms with E-state index in [0.717, 1.165) is 17.0 Å². The Labute approximate surface area is 156 Å². The van der Waals surface area contributed by atoms with E-state index in [4.69, 9.17) is 4.74 Å². The van der Waals surface area contributed by atoms with Crippen LogP contribution in [0.1, 0.15) is 58.0 Å². The largest absolute Gasteiger partial charge is 0.444 e. The zero-order valence-corrected chi connectivity index (χ0v) is 17.4. The lowest BCUT2D eigenvalue weighted by Crippen LogP contribution is -2.49. The van der Waals surface area contributed by atoms with Gasteiger partial charge in [-0.3, -0.25) is 9.48 Å². The molecule has 1 rings (SSSR count). The van der Waals surface area contributed by atoms with E-state index >= 15 is 0 Å². The number of aromatic nitrogens is 2. The summed E-state index contributed by atoms with van der Waals surface area (Å²) in [6, 6.07) is -0.610. The third-order valence-electron chi connectivity index (χ3n) is 4.05. The van der Waals surface area contributed by atoms with Gasteiger partial charge in [-0.2, -0.15) is 5.10 Å². The monoisotopic (exact) mass is 366 g/mol. The lowest BCUT2D eigenvalue weighted by Gasteiger charge is -2.24. The minimum Gasteiger partial charge on any atom is -0.444 e. The molecule has 0 aliphatic rings. The van der Waals surface area contributed by atoms with E-state index in [0.29, 0.717) is 19.4 Å². The molecule has 0 saturated heterocycles. The van der Waals surface area contributed by atoms with Crippen LogP contribution in [0, 0.1) is 19.8 Å². The molecule has 0 aliphatic heterocycles. The lowest BCUT2D eigenvalue weighted by atomic mass is 10.0. The summed E-state index contributed by atoms with van der Waals surface area (Å²) in [6.45, 7) is 13.9. The van der Waals surface area contributed by atoms with Crippen molar-refractivity contribution in [1.82, 2.24) is 20.4 Å². The zero-order valence-electron chi connectivity index (χ0n) is 17.4. The molecule has 148 valence electrons. The number of aryl methyl sites for hydroxylation is 2. The molecule has 1 unspecified atom stereocenters. The van der Waals surface area contributed by atoms with E-state index in [1.165, 1.54) is 0 Å². The third-order valence-corrected chi connectivity index (χ3v) is 4.05. The Morgan fingerprint density at radius 2 is 1.85 bits per heavy atom. The summed E-state index contributed by atoms with van der Waals surface area (Å²) in [7, 11) is 1.91. The maximum Gasteiger partial charge on any atom is 0.408 e. The second kappa shape index (κ2) is 9.05. The van der Waals surface area contributed by atoms with Crippen LogP contribution in [0.2, 0.25) is 0 Å². The molecular formula is C19H34N4O3. The molecule has 1 aromatic rings. The molecule has 0 aliphatic carbocycles. The SMILES string of the molecule is Cc1nn(C)c(C)c1CCNC(=O)C(CC(C)C)NC(=O)OC(C)(C)C. The van der Waals surface area contributed by atoms with Gasteiger partial charge < -0.3 is 15.4 Å². The van der Waals surface area contributed by atoms with Gasteiger partial charge in [0.1, 0.15) is 11.6 Å². The minimum absolute atomic E-state index is 0.191. The molecular weight excluding hydrogens is 332 g/mol. The molecule has 2 amide bonds. The summed E-state index contributed by atoms with van der Waals surface area (Å²) in [4.78, 5) is 24.6. The Morgan fingerprint density at radius 3 is 2.31 bits per heavy atom. The van der Waals surface area contributed by atoms with Crippen molar-refractivity contribution < 1.29 is 14.3 Å². The predicted octanol–water partition coefficient (Wildman–Crippen LogP) is 2.64. The van der Waals surface area contributed by atoms with Crippen molar-refractivity contribution in [3.05, 3.63) is 17.0 Å². The van der Waals surface area contributed by atoms with Crippen molar-refractivity contribution in [3.63, 3.8) is 0 Å². The molecule has 7 nitrogen and oxygen atoms in total. The Bertz CT molecular complexity index is 629. The first-order valence-electron chi connectivity index (χ1n) is 9.17. The summed E-state index contributed by atoms with van der Waals surface area (Å²) >= 11 is 0. The van der Waals surface area contributed by atoms with E-state index < -0.39 is 17.7 Å². The van der Waals surface area contributed by atoms with Gasteiger partial charge in [-0.25, -0.2) is 4.79 Å². The minimum atomic E-state index is -0.610. The molecule has 1 heterocycles. The van der Waals surface area contributed by atoms with Gasteiger partial charge in [-0.15, -0.1) is 0 Å². The molecule has 0 spiro atoms. The number of nitrogens with zero attached hydrogens (tertiary/aromatic N) is 2. The molecule has 0 radical (unpaired) electrons. The van der Waals surface area contributed by atoms with E-state index in [1.54, 1.807) is 20.8 Å². The highest BCUT2D eigenvalue weighted by Crippen LogP contribution is 2.12. The van der Waals surface area contributed by atoms with Crippen LogP contribution in [0.4, 0.5) is 4.79 Å². The molecule has 7 heteroatoms. The number of carbonyl (C=O) groups excluding carboxylic acids is 2. The number of nitrogens with one attached hydrogen (secondary N) is 2. The molecule has 2 N–H and O–H groups in total. The van der Waals surface area contributed by atoms with Crippen molar-refractivity contribution in [2.45, 2.75) is 73.0 Å². The van der Waals surface area contributed by atoms with Gasteiger partial charge in [0.2, 0.25) is 5.91 Å².